The van der Waals surface area contributed by atoms with Gasteiger partial charge < -0.3 is 10.6 Å². The van der Waals surface area contributed by atoms with Crippen LogP contribution >= 0.6 is 11.6 Å². The highest BCUT2D eigenvalue weighted by atomic mass is 35.5. The van der Waals surface area contributed by atoms with E-state index in [1.807, 2.05) is 72.5 Å². The predicted molar refractivity (Wildman–Crippen MR) is 146 cm³/mol. The molecule has 0 aliphatic heterocycles. The molecule has 1 saturated carbocycles. The van der Waals surface area contributed by atoms with Crippen molar-refractivity contribution in [2.75, 3.05) is 13.1 Å². The molecule has 37 heavy (non-hydrogen) atoms. The summed E-state index contributed by atoms with van der Waals surface area (Å²) in [6.45, 7) is 5.14. The minimum absolute atomic E-state index is 0.0558. The van der Waals surface area contributed by atoms with Gasteiger partial charge in [0.25, 0.3) is 5.91 Å². The first kappa shape index (κ1) is 25.2. The molecule has 1 aliphatic rings. The molecule has 7 nitrogen and oxygen atoms in total. The van der Waals surface area contributed by atoms with Gasteiger partial charge in [-0.2, -0.15) is 9.61 Å². The van der Waals surface area contributed by atoms with Gasteiger partial charge >= 0.3 is 5.69 Å². The molecule has 192 valence electrons. The van der Waals surface area contributed by atoms with Gasteiger partial charge in [-0.05, 0) is 69.3 Å². The standard InChI is InChI=1S/C29H32ClN5O2/c1-19-9-11-23(12-10-19)28(36)33(16-6-15-31)27(22-13-14-22)25-17-24-26(30)20(2)32-35(24)29(37)34(25)18-21-7-4-3-5-8-21/h3-5,7-12,17,22,27H,6,13-16,18,31H2,1-2H3. The summed E-state index contributed by atoms with van der Waals surface area (Å²) in [5.74, 6) is 0.193. The van der Waals surface area contributed by atoms with E-state index in [4.69, 9.17) is 17.3 Å². The molecule has 1 fully saturated rings. The highest BCUT2D eigenvalue weighted by Crippen LogP contribution is 2.45. The first-order chi connectivity index (χ1) is 17.9. The van der Waals surface area contributed by atoms with Crippen LogP contribution < -0.4 is 11.4 Å². The first-order valence-electron chi connectivity index (χ1n) is 12.8. The van der Waals surface area contributed by atoms with E-state index >= 15 is 0 Å². The zero-order chi connectivity index (χ0) is 26.1. The van der Waals surface area contributed by atoms with E-state index in [1.165, 1.54) is 4.52 Å². The second kappa shape index (κ2) is 10.5. The van der Waals surface area contributed by atoms with Crippen LogP contribution in [0.3, 0.4) is 0 Å². The van der Waals surface area contributed by atoms with Gasteiger partial charge in [-0.3, -0.25) is 9.36 Å². The fourth-order valence-corrected chi connectivity index (χ4v) is 5.14. The lowest BCUT2D eigenvalue weighted by Crippen LogP contribution is -2.41. The third-order valence-corrected chi connectivity index (χ3v) is 7.55. The summed E-state index contributed by atoms with van der Waals surface area (Å²) in [6.07, 6.45) is 2.64. The lowest BCUT2D eigenvalue weighted by atomic mass is 10.0. The summed E-state index contributed by atoms with van der Waals surface area (Å²) < 4.78 is 3.13. The maximum Gasteiger partial charge on any atom is 0.349 e. The third kappa shape index (κ3) is 5.06. The summed E-state index contributed by atoms with van der Waals surface area (Å²) in [5.41, 5.74) is 10.3. The fourth-order valence-electron chi connectivity index (χ4n) is 4.97. The monoisotopic (exact) mass is 517 g/mol. The van der Waals surface area contributed by atoms with Crippen LogP contribution in [0.4, 0.5) is 0 Å². The van der Waals surface area contributed by atoms with E-state index in [-0.39, 0.29) is 23.6 Å². The highest BCUT2D eigenvalue weighted by molar-refractivity contribution is 6.34. The zero-order valence-corrected chi connectivity index (χ0v) is 22.0. The number of fused-ring (bicyclic) bond motifs is 1. The number of nitrogens with zero attached hydrogens (tertiary/aromatic N) is 4. The SMILES string of the molecule is Cc1ccc(C(=O)N(CCCN)C(c2cc3c(Cl)c(C)nn3c(=O)n2Cc2ccccc2)C2CC2)cc1. The Bertz CT molecular complexity index is 1470. The molecular weight excluding hydrogens is 486 g/mol. The number of carbonyl (C=O) groups excluding carboxylic acids is 1. The Balaban J connectivity index is 1.69. The number of aryl methyl sites for hydroxylation is 2. The predicted octanol–water partition coefficient (Wildman–Crippen LogP) is 4.76. The van der Waals surface area contributed by atoms with Crippen molar-refractivity contribution < 1.29 is 4.79 Å². The van der Waals surface area contributed by atoms with Crippen LogP contribution in [0.1, 0.15) is 58.2 Å². The number of benzene rings is 2. The van der Waals surface area contributed by atoms with Crippen LogP contribution in [0.25, 0.3) is 5.52 Å². The van der Waals surface area contributed by atoms with Crippen molar-refractivity contribution in [3.63, 3.8) is 0 Å². The molecule has 0 spiro atoms. The number of hydrogen-bond acceptors (Lipinski definition) is 4. The van der Waals surface area contributed by atoms with E-state index in [2.05, 4.69) is 5.10 Å². The molecule has 1 unspecified atom stereocenters. The van der Waals surface area contributed by atoms with E-state index in [0.29, 0.717) is 47.9 Å². The number of rotatable bonds is 9. The minimum atomic E-state index is -0.284. The van der Waals surface area contributed by atoms with Crippen molar-refractivity contribution in [1.82, 2.24) is 19.1 Å². The van der Waals surface area contributed by atoms with E-state index in [1.54, 1.807) is 11.5 Å². The van der Waals surface area contributed by atoms with Crippen LogP contribution in [0.5, 0.6) is 0 Å². The largest absolute Gasteiger partial charge is 0.349 e. The van der Waals surface area contributed by atoms with E-state index < -0.39 is 0 Å². The van der Waals surface area contributed by atoms with Gasteiger partial charge in [0.05, 0.1) is 28.8 Å². The normalized spacial score (nSPS) is 14.2. The Kier molecular flexibility index (Phi) is 7.17. The Labute approximate surface area is 221 Å². The molecule has 1 amide bonds. The average Bonchev–Trinajstić information content (AvgIpc) is 3.70. The number of amides is 1. The molecule has 2 aromatic carbocycles. The molecule has 1 aliphatic carbocycles. The van der Waals surface area contributed by atoms with Gasteiger partial charge in [0, 0.05) is 17.8 Å². The topological polar surface area (TPSA) is 85.6 Å². The second-order valence-corrected chi connectivity index (χ2v) is 10.3. The van der Waals surface area contributed by atoms with Crippen LogP contribution in [0.15, 0.2) is 65.5 Å². The van der Waals surface area contributed by atoms with Crippen LogP contribution in [-0.2, 0) is 6.54 Å². The molecule has 0 radical (unpaired) electrons. The van der Waals surface area contributed by atoms with Crippen LogP contribution in [0, 0.1) is 19.8 Å². The van der Waals surface area contributed by atoms with Crippen molar-refractivity contribution in [3.8, 4) is 0 Å². The maximum absolute atomic E-state index is 14.0. The van der Waals surface area contributed by atoms with Crippen LogP contribution in [0.2, 0.25) is 5.02 Å². The molecule has 0 saturated heterocycles. The molecule has 2 heterocycles. The van der Waals surface area contributed by atoms with E-state index in [0.717, 1.165) is 29.7 Å². The van der Waals surface area contributed by atoms with Gasteiger partial charge in [0.15, 0.2) is 0 Å². The van der Waals surface area contributed by atoms with Gasteiger partial charge in [0.2, 0.25) is 0 Å². The third-order valence-electron chi connectivity index (χ3n) is 7.08. The Morgan fingerprint density at radius 3 is 2.49 bits per heavy atom. The molecule has 0 bridgehead atoms. The second-order valence-electron chi connectivity index (χ2n) is 9.91. The Morgan fingerprint density at radius 2 is 1.84 bits per heavy atom. The summed E-state index contributed by atoms with van der Waals surface area (Å²) in [7, 11) is 0. The minimum Gasteiger partial charge on any atom is -0.330 e. The number of aromatic nitrogens is 3. The van der Waals surface area contributed by atoms with Crippen molar-refractivity contribution in [1.29, 1.82) is 0 Å². The van der Waals surface area contributed by atoms with Crippen molar-refractivity contribution in [3.05, 3.63) is 104 Å². The Morgan fingerprint density at radius 1 is 1.14 bits per heavy atom. The summed E-state index contributed by atoms with van der Waals surface area (Å²) >= 11 is 6.61. The molecule has 2 aromatic heterocycles. The molecular formula is C29H32ClN5O2. The molecule has 4 aromatic rings. The smallest absolute Gasteiger partial charge is 0.330 e. The summed E-state index contributed by atoms with van der Waals surface area (Å²) in [6, 6.07) is 19.2. The summed E-state index contributed by atoms with van der Waals surface area (Å²) in [4.78, 5) is 29.7. The zero-order valence-electron chi connectivity index (χ0n) is 21.2. The fraction of sp³-hybridized carbons (Fsp3) is 0.345. The number of halogens is 1. The van der Waals surface area contributed by atoms with Gasteiger partial charge in [0.1, 0.15) is 0 Å². The maximum atomic E-state index is 14.0. The first-order valence-corrected chi connectivity index (χ1v) is 13.2. The molecule has 1 atom stereocenters. The summed E-state index contributed by atoms with van der Waals surface area (Å²) in [5, 5.41) is 4.87. The quantitative estimate of drug-likeness (QED) is 0.347. The number of carbonyl (C=O) groups is 1. The molecule has 2 N–H and O–H groups in total. The lowest BCUT2D eigenvalue weighted by molar-refractivity contribution is 0.0640. The Hall–Kier alpha value is -3.42. The number of hydrogen-bond donors (Lipinski definition) is 1. The number of nitrogens with two attached hydrogens (primary N) is 1. The van der Waals surface area contributed by atoms with Gasteiger partial charge in [-0.1, -0.05) is 59.6 Å². The van der Waals surface area contributed by atoms with Crippen molar-refractivity contribution >= 4 is 23.0 Å². The highest BCUT2D eigenvalue weighted by Gasteiger charge is 2.40. The molecule has 5 rings (SSSR count). The van der Waals surface area contributed by atoms with Gasteiger partial charge in [-0.25, -0.2) is 4.79 Å². The van der Waals surface area contributed by atoms with Gasteiger partial charge in [-0.15, -0.1) is 0 Å². The van der Waals surface area contributed by atoms with Crippen molar-refractivity contribution in [2.45, 2.75) is 45.7 Å². The average molecular weight is 518 g/mol. The molecule has 8 heteroatoms. The van der Waals surface area contributed by atoms with E-state index in [9.17, 15) is 9.59 Å². The van der Waals surface area contributed by atoms with Crippen LogP contribution in [-0.4, -0.2) is 38.1 Å². The lowest BCUT2D eigenvalue weighted by Gasteiger charge is -2.34. The van der Waals surface area contributed by atoms with Crippen molar-refractivity contribution in [2.24, 2.45) is 11.7 Å².